The maximum Gasteiger partial charge on any atom is 0.282 e. The van der Waals surface area contributed by atoms with Gasteiger partial charge in [0.1, 0.15) is 5.75 Å². The normalized spacial score (nSPS) is 26.3. The number of para-hydroxylation sites is 2. The Balaban J connectivity index is 1.94. The Hall–Kier alpha value is -1.55. The zero-order valence-electron chi connectivity index (χ0n) is 14.1. The first kappa shape index (κ1) is 16.8. The Morgan fingerprint density at radius 3 is 2.77 bits per heavy atom. The van der Waals surface area contributed by atoms with Crippen molar-refractivity contribution in [2.24, 2.45) is 11.8 Å². The van der Waals surface area contributed by atoms with E-state index in [0.717, 1.165) is 11.6 Å². The number of quaternary nitrogens is 1. The van der Waals surface area contributed by atoms with Crippen LogP contribution in [-0.2, 0) is 4.79 Å². The van der Waals surface area contributed by atoms with Crippen molar-refractivity contribution in [3.05, 3.63) is 24.3 Å². The molecule has 22 heavy (non-hydrogen) atoms. The Bertz CT molecular complexity index is 504. The van der Waals surface area contributed by atoms with Crippen molar-refractivity contribution in [3.8, 4) is 5.75 Å². The number of ether oxygens (including phenoxy) is 1. The SMILES string of the molecule is COc1ccccc1NC(=O)[C@H](C)[NH2+][C@@H]1CCC[C@H](C)[C@H]1C. The summed E-state index contributed by atoms with van der Waals surface area (Å²) in [6.45, 7) is 6.62. The predicted octanol–water partition coefficient (Wildman–Crippen LogP) is 2.41. The highest BCUT2D eigenvalue weighted by Gasteiger charge is 2.32. The maximum atomic E-state index is 12.4. The van der Waals surface area contributed by atoms with Crippen molar-refractivity contribution in [2.45, 2.75) is 52.1 Å². The smallest absolute Gasteiger partial charge is 0.282 e. The lowest BCUT2D eigenvalue weighted by Crippen LogP contribution is -2.97. The lowest BCUT2D eigenvalue weighted by molar-refractivity contribution is -0.715. The molecule has 4 heteroatoms. The van der Waals surface area contributed by atoms with Crippen molar-refractivity contribution in [1.82, 2.24) is 0 Å². The summed E-state index contributed by atoms with van der Waals surface area (Å²) in [6, 6.07) is 7.97. The number of methoxy groups -OCH3 is 1. The first-order valence-electron chi connectivity index (χ1n) is 8.31. The van der Waals surface area contributed by atoms with E-state index in [1.165, 1.54) is 19.3 Å². The molecule has 0 spiro atoms. The van der Waals surface area contributed by atoms with Gasteiger partial charge in [0.25, 0.3) is 5.91 Å². The van der Waals surface area contributed by atoms with E-state index >= 15 is 0 Å². The zero-order chi connectivity index (χ0) is 16.1. The number of anilines is 1. The molecule has 1 fully saturated rings. The van der Waals surface area contributed by atoms with E-state index in [1.807, 2.05) is 31.2 Å². The van der Waals surface area contributed by atoms with E-state index in [-0.39, 0.29) is 11.9 Å². The fraction of sp³-hybridized carbons (Fsp3) is 0.611. The minimum absolute atomic E-state index is 0.0370. The van der Waals surface area contributed by atoms with E-state index < -0.39 is 0 Å². The molecule has 0 aliphatic heterocycles. The van der Waals surface area contributed by atoms with Gasteiger partial charge in [-0.3, -0.25) is 4.79 Å². The number of nitrogens with one attached hydrogen (secondary N) is 1. The summed E-state index contributed by atoms with van der Waals surface area (Å²) in [4.78, 5) is 12.4. The Morgan fingerprint density at radius 1 is 1.32 bits per heavy atom. The van der Waals surface area contributed by atoms with Crippen molar-refractivity contribution < 1.29 is 14.8 Å². The quantitative estimate of drug-likeness (QED) is 0.878. The van der Waals surface area contributed by atoms with Crippen molar-refractivity contribution in [2.75, 3.05) is 12.4 Å². The van der Waals surface area contributed by atoms with Crippen LogP contribution in [0.5, 0.6) is 5.75 Å². The fourth-order valence-electron chi connectivity index (χ4n) is 3.35. The minimum Gasteiger partial charge on any atom is -0.495 e. The van der Waals surface area contributed by atoms with Crippen molar-refractivity contribution in [3.63, 3.8) is 0 Å². The van der Waals surface area contributed by atoms with Crippen LogP contribution in [0.2, 0.25) is 0 Å². The number of carbonyl (C=O) groups is 1. The van der Waals surface area contributed by atoms with E-state index in [0.29, 0.717) is 17.7 Å². The van der Waals surface area contributed by atoms with Gasteiger partial charge in [-0.15, -0.1) is 0 Å². The monoisotopic (exact) mass is 305 g/mol. The highest BCUT2D eigenvalue weighted by Crippen LogP contribution is 2.27. The number of benzene rings is 1. The van der Waals surface area contributed by atoms with Crippen LogP contribution in [-0.4, -0.2) is 25.1 Å². The van der Waals surface area contributed by atoms with Gasteiger partial charge in [0, 0.05) is 5.92 Å². The van der Waals surface area contributed by atoms with Crippen molar-refractivity contribution >= 4 is 11.6 Å². The van der Waals surface area contributed by atoms with E-state index in [1.54, 1.807) is 7.11 Å². The van der Waals surface area contributed by atoms with Crippen LogP contribution < -0.4 is 15.4 Å². The van der Waals surface area contributed by atoms with Gasteiger partial charge in [0.15, 0.2) is 6.04 Å². The summed E-state index contributed by atoms with van der Waals surface area (Å²) in [5.74, 6) is 2.15. The molecule has 0 radical (unpaired) electrons. The molecule has 4 nitrogen and oxygen atoms in total. The first-order chi connectivity index (χ1) is 10.5. The first-order valence-corrected chi connectivity index (χ1v) is 8.31. The van der Waals surface area contributed by atoms with Gasteiger partial charge in [-0.25, -0.2) is 0 Å². The van der Waals surface area contributed by atoms with Gasteiger partial charge in [0.05, 0.1) is 18.8 Å². The minimum atomic E-state index is -0.0948. The molecule has 4 atom stereocenters. The predicted molar refractivity (Wildman–Crippen MR) is 89.0 cm³/mol. The Morgan fingerprint density at radius 2 is 2.05 bits per heavy atom. The van der Waals surface area contributed by atoms with Crippen LogP contribution in [0.3, 0.4) is 0 Å². The average molecular weight is 305 g/mol. The van der Waals surface area contributed by atoms with Crippen LogP contribution in [0.1, 0.15) is 40.0 Å². The second-order valence-electron chi connectivity index (χ2n) is 6.60. The Kier molecular flexibility index (Phi) is 5.83. The van der Waals surface area contributed by atoms with Crippen LogP contribution in [0.4, 0.5) is 5.69 Å². The molecular formula is C18H29N2O2+. The maximum absolute atomic E-state index is 12.4. The molecule has 2 rings (SSSR count). The molecule has 0 saturated heterocycles. The summed E-state index contributed by atoms with van der Waals surface area (Å²) in [5, 5.41) is 5.22. The molecule has 3 N–H and O–H groups in total. The Labute approximate surface area is 133 Å². The third-order valence-corrected chi connectivity index (χ3v) is 5.08. The van der Waals surface area contributed by atoms with Gasteiger partial charge in [-0.1, -0.05) is 26.0 Å². The largest absolute Gasteiger partial charge is 0.495 e. The molecule has 0 unspecified atom stereocenters. The van der Waals surface area contributed by atoms with E-state index in [4.69, 9.17) is 4.74 Å². The number of rotatable bonds is 5. The van der Waals surface area contributed by atoms with Crippen LogP contribution in [0.15, 0.2) is 24.3 Å². The van der Waals surface area contributed by atoms with Gasteiger partial charge >= 0.3 is 0 Å². The number of hydrogen-bond donors (Lipinski definition) is 2. The highest BCUT2D eigenvalue weighted by atomic mass is 16.5. The summed E-state index contributed by atoms with van der Waals surface area (Å²) < 4.78 is 5.28. The molecule has 122 valence electrons. The summed E-state index contributed by atoms with van der Waals surface area (Å²) in [7, 11) is 1.62. The third kappa shape index (κ3) is 4.01. The third-order valence-electron chi connectivity index (χ3n) is 5.08. The highest BCUT2D eigenvalue weighted by molar-refractivity contribution is 5.94. The van der Waals surface area contributed by atoms with E-state index in [2.05, 4.69) is 24.5 Å². The molecule has 1 aromatic carbocycles. The molecule has 1 amide bonds. The van der Waals surface area contributed by atoms with Gasteiger partial charge in [-0.05, 0) is 44.2 Å². The number of amides is 1. The molecular weight excluding hydrogens is 276 g/mol. The lowest BCUT2D eigenvalue weighted by Gasteiger charge is -2.33. The van der Waals surface area contributed by atoms with Crippen molar-refractivity contribution in [1.29, 1.82) is 0 Å². The molecule has 0 bridgehead atoms. The van der Waals surface area contributed by atoms with Crippen LogP contribution in [0.25, 0.3) is 0 Å². The standard InChI is InChI=1S/C18H28N2O2/c1-12-8-7-10-15(13(12)2)19-14(3)18(21)20-16-9-5-6-11-17(16)22-4/h5-6,9,11-15,19H,7-8,10H2,1-4H3,(H,20,21)/p+1/t12-,13+,14-,15+/m0/s1. The topological polar surface area (TPSA) is 54.9 Å². The number of carbonyl (C=O) groups excluding carboxylic acids is 1. The van der Waals surface area contributed by atoms with E-state index in [9.17, 15) is 4.79 Å². The molecule has 1 aliphatic carbocycles. The number of hydrogen-bond acceptors (Lipinski definition) is 2. The lowest BCUT2D eigenvalue weighted by atomic mass is 9.78. The fourth-order valence-corrected chi connectivity index (χ4v) is 3.35. The summed E-state index contributed by atoms with van der Waals surface area (Å²) in [6.07, 6.45) is 3.79. The molecule has 1 aliphatic rings. The molecule has 1 saturated carbocycles. The second-order valence-corrected chi connectivity index (χ2v) is 6.60. The molecule has 1 aromatic rings. The summed E-state index contributed by atoms with van der Waals surface area (Å²) in [5.41, 5.74) is 0.736. The van der Waals surface area contributed by atoms with Gasteiger partial charge in [0.2, 0.25) is 0 Å². The second kappa shape index (κ2) is 7.63. The van der Waals surface area contributed by atoms with Gasteiger partial charge < -0.3 is 15.4 Å². The van der Waals surface area contributed by atoms with Gasteiger partial charge in [-0.2, -0.15) is 0 Å². The average Bonchev–Trinajstić information content (AvgIpc) is 2.52. The zero-order valence-corrected chi connectivity index (χ0v) is 14.1. The van der Waals surface area contributed by atoms with Crippen LogP contribution >= 0.6 is 0 Å². The summed E-state index contributed by atoms with van der Waals surface area (Å²) >= 11 is 0. The molecule has 0 heterocycles. The van der Waals surface area contributed by atoms with Crippen LogP contribution in [0, 0.1) is 11.8 Å². The molecule has 0 aromatic heterocycles. The number of nitrogens with two attached hydrogens (primary N) is 1.